The van der Waals surface area contributed by atoms with E-state index in [1.54, 1.807) is 12.2 Å². The molecule has 0 bridgehead atoms. The molecule has 0 aromatic carbocycles. The molecule has 0 fully saturated rings. The summed E-state index contributed by atoms with van der Waals surface area (Å²) in [5, 5.41) is 0. The summed E-state index contributed by atoms with van der Waals surface area (Å²) in [6.07, 6.45) is 3.25. The number of esters is 2. The molecule has 0 spiro atoms. The van der Waals surface area contributed by atoms with Gasteiger partial charge in [0.05, 0.1) is 0 Å². The second-order valence-electron chi connectivity index (χ2n) is 3.63. The van der Waals surface area contributed by atoms with E-state index in [4.69, 9.17) is 14.2 Å². The van der Waals surface area contributed by atoms with Crippen molar-refractivity contribution in [2.24, 2.45) is 0 Å². The zero-order valence-electron chi connectivity index (χ0n) is 9.92. The van der Waals surface area contributed by atoms with Crippen LogP contribution in [0, 0.1) is 0 Å². The van der Waals surface area contributed by atoms with Crippen LogP contribution in [-0.2, 0) is 23.8 Å². The van der Waals surface area contributed by atoms with Gasteiger partial charge in [-0.25, -0.2) is 4.79 Å². The Balaban J connectivity index is 2.82. The lowest BCUT2D eigenvalue weighted by molar-refractivity contribution is -0.173. The van der Waals surface area contributed by atoms with Gasteiger partial charge in [-0.2, -0.15) is 0 Å². The van der Waals surface area contributed by atoms with Gasteiger partial charge in [0.1, 0.15) is 12.2 Å². The SMILES string of the molecule is C=CC[C@H](OC(C)=O)[C@H]1OC(=O)C=C[C@@H]1OC. The van der Waals surface area contributed by atoms with E-state index >= 15 is 0 Å². The highest BCUT2D eigenvalue weighted by Crippen LogP contribution is 2.20. The van der Waals surface area contributed by atoms with Crippen LogP contribution in [0.15, 0.2) is 24.8 Å². The maximum atomic E-state index is 11.2. The van der Waals surface area contributed by atoms with Crippen molar-refractivity contribution in [2.75, 3.05) is 7.11 Å². The van der Waals surface area contributed by atoms with Crippen molar-refractivity contribution in [3.05, 3.63) is 24.8 Å². The Morgan fingerprint density at radius 2 is 2.41 bits per heavy atom. The molecule has 0 unspecified atom stereocenters. The fraction of sp³-hybridized carbons (Fsp3) is 0.500. The smallest absolute Gasteiger partial charge is 0.331 e. The summed E-state index contributed by atoms with van der Waals surface area (Å²) in [4.78, 5) is 22.2. The number of cyclic esters (lactones) is 1. The molecular formula is C12H16O5. The van der Waals surface area contributed by atoms with Gasteiger partial charge in [-0.05, 0) is 6.08 Å². The zero-order valence-corrected chi connectivity index (χ0v) is 9.92. The van der Waals surface area contributed by atoms with Crippen LogP contribution in [0.2, 0.25) is 0 Å². The van der Waals surface area contributed by atoms with E-state index in [-0.39, 0.29) is 0 Å². The number of carbonyl (C=O) groups excluding carboxylic acids is 2. The summed E-state index contributed by atoms with van der Waals surface area (Å²) < 4.78 is 15.4. The summed E-state index contributed by atoms with van der Waals surface area (Å²) in [5.41, 5.74) is 0. The van der Waals surface area contributed by atoms with Gasteiger partial charge >= 0.3 is 11.9 Å². The summed E-state index contributed by atoms with van der Waals surface area (Å²) in [6.45, 7) is 4.89. The van der Waals surface area contributed by atoms with Gasteiger partial charge in [0.25, 0.3) is 0 Å². The molecule has 94 valence electrons. The third-order valence-electron chi connectivity index (χ3n) is 2.35. The van der Waals surface area contributed by atoms with Crippen molar-refractivity contribution in [3.63, 3.8) is 0 Å². The second-order valence-corrected chi connectivity index (χ2v) is 3.63. The topological polar surface area (TPSA) is 61.8 Å². The fourth-order valence-electron chi connectivity index (χ4n) is 1.65. The number of hydrogen-bond donors (Lipinski definition) is 0. The van der Waals surface area contributed by atoms with Crippen LogP contribution >= 0.6 is 0 Å². The Morgan fingerprint density at radius 3 is 2.94 bits per heavy atom. The average molecular weight is 240 g/mol. The maximum absolute atomic E-state index is 11.2. The van der Waals surface area contributed by atoms with Crippen molar-refractivity contribution in [1.82, 2.24) is 0 Å². The normalized spacial score (nSPS) is 24.9. The number of hydrogen-bond acceptors (Lipinski definition) is 5. The van der Waals surface area contributed by atoms with E-state index in [1.165, 1.54) is 20.1 Å². The van der Waals surface area contributed by atoms with Gasteiger partial charge in [0, 0.05) is 26.5 Å². The van der Waals surface area contributed by atoms with Gasteiger partial charge in [-0.15, -0.1) is 6.58 Å². The second kappa shape index (κ2) is 6.20. The molecule has 0 radical (unpaired) electrons. The Kier molecular flexibility index (Phi) is 4.90. The summed E-state index contributed by atoms with van der Waals surface area (Å²) in [7, 11) is 1.50. The zero-order chi connectivity index (χ0) is 12.8. The van der Waals surface area contributed by atoms with Crippen LogP contribution < -0.4 is 0 Å². The first kappa shape index (κ1) is 13.4. The molecule has 1 rings (SSSR count). The van der Waals surface area contributed by atoms with Gasteiger partial charge in [-0.3, -0.25) is 4.79 Å². The number of ether oxygens (including phenoxy) is 3. The predicted molar refractivity (Wildman–Crippen MR) is 60.2 cm³/mol. The van der Waals surface area contributed by atoms with Gasteiger partial charge < -0.3 is 14.2 Å². The first-order valence-corrected chi connectivity index (χ1v) is 5.28. The summed E-state index contributed by atoms with van der Waals surface area (Å²) in [6, 6.07) is 0. The molecule has 17 heavy (non-hydrogen) atoms. The first-order valence-electron chi connectivity index (χ1n) is 5.28. The molecule has 0 amide bonds. The summed E-state index contributed by atoms with van der Waals surface area (Å²) in [5.74, 6) is -0.901. The van der Waals surface area contributed by atoms with Gasteiger partial charge in [-0.1, -0.05) is 6.08 Å². The maximum Gasteiger partial charge on any atom is 0.331 e. The number of carbonyl (C=O) groups is 2. The Labute approximate surface area is 100 Å². The van der Waals surface area contributed by atoms with Crippen LogP contribution in [0.3, 0.4) is 0 Å². The molecule has 1 aliphatic heterocycles. The van der Waals surface area contributed by atoms with Crippen LogP contribution in [0.5, 0.6) is 0 Å². The molecule has 0 saturated carbocycles. The molecule has 0 aromatic rings. The molecule has 1 heterocycles. The molecule has 0 aliphatic carbocycles. The third-order valence-corrected chi connectivity index (χ3v) is 2.35. The minimum Gasteiger partial charge on any atom is -0.458 e. The molecule has 5 heteroatoms. The lowest BCUT2D eigenvalue weighted by Gasteiger charge is -2.31. The molecule has 1 aliphatic rings. The van der Waals surface area contributed by atoms with Gasteiger partial charge in [0.15, 0.2) is 6.10 Å². The average Bonchev–Trinajstić information content (AvgIpc) is 2.28. The van der Waals surface area contributed by atoms with Crippen molar-refractivity contribution in [3.8, 4) is 0 Å². The predicted octanol–water partition coefficient (Wildman–Crippen LogP) is 0.991. The highest BCUT2D eigenvalue weighted by atomic mass is 16.6. The highest BCUT2D eigenvalue weighted by molar-refractivity contribution is 5.83. The Hall–Kier alpha value is -1.62. The van der Waals surface area contributed by atoms with Crippen molar-refractivity contribution >= 4 is 11.9 Å². The van der Waals surface area contributed by atoms with Crippen LogP contribution in [0.25, 0.3) is 0 Å². The highest BCUT2D eigenvalue weighted by Gasteiger charge is 2.35. The monoisotopic (exact) mass is 240 g/mol. The first-order chi connectivity index (χ1) is 8.08. The molecule has 0 saturated heterocycles. The van der Waals surface area contributed by atoms with E-state index in [9.17, 15) is 9.59 Å². The number of rotatable bonds is 5. The molecule has 0 N–H and O–H groups in total. The van der Waals surface area contributed by atoms with Crippen molar-refractivity contribution in [2.45, 2.75) is 31.7 Å². The third kappa shape index (κ3) is 3.71. The molecule has 5 nitrogen and oxygen atoms in total. The summed E-state index contributed by atoms with van der Waals surface area (Å²) >= 11 is 0. The van der Waals surface area contributed by atoms with E-state index in [0.29, 0.717) is 6.42 Å². The minimum absolute atomic E-state index is 0.394. The fourth-order valence-corrected chi connectivity index (χ4v) is 1.65. The van der Waals surface area contributed by atoms with Crippen LogP contribution in [0.1, 0.15) is 13.3 Å². The molecular weight excluding hydrogens is 224 g/mol. The Morgan fingerprint density at radius 1 is 1.71 bits per heavy atom. The molecule has 3 atom stereocenters. The number of methoxy groups -OCH3 is 1. The quantitative estimate of drug-likeness (QED) is 0.529. The van der Waals surface area contributed by atoms with E-state index in [1.807, 2.05) is 0 Å². The van der Waals surface area contributed by atoms with E-state index < -0.39 is 30.3 Å². The van der Waals surface area contributed by atoms with Crippen molar-refractivity contribution < 1.29 is 23.8 Å². The van der Waals surface area contributed by atoms with E-state index in [0.717, 1.165) is 0 Å². The van der Waals surface area contributed by atoms with E-state index in [2.05, 4.69) is 6.58 Å². The van der Waals surface area contributed by atoms with Crippen LogP contribution in [0.4, 0.5) is 0 Å². The van der Waals surface area contributed by atoms with Crippen LogP contribution in [-0.4, -0.2) is 37.4 Å². The lowest BCUT2D eigenvalue weighted by Crippen LogP contribution is -2.45. The minimum atomic E-state index is -0.639. The lowest BCUT2D eigenvalue weighted by atomic mass is 10.0. The largest absolute Gasteiger partial charge is 0.458 e. The van der Waals surface area contributed by atoms with Gasteiger partial charge in [0.2, 0.25) is 0 Å². The standard InChI is InChI=1S/C12H16O5/c1-4-5-10(16-8(2)13)12-9(15-3)6-7-11(14)17-12/h4,6-7,9-10,12H,1,5H2,2-3H3/t9-,10-,12-/m0/s1. The molecule has 0 aromatic heterocycles. The Bertz CT molecular complexity index is 334. The van der Waals surface area contributed by atoms with Crippen molar-refractivity contribution in [1.29, 1.82) is 0 Å².